The van der Waals surface area contributed by atoms with Gasteiger partial charge in [-0.1, -0.05) is 23.2 Å². The number of hydrogen-bond donors (Lipinski definition) is 3. The Morgan fingerprint density at radius 3 is 2.68 bits per heavy atom. The summed E-state index contributed by atoms with van der Waals surface area (Å²) in [5, 5.41) is 6.73. The fourth-order valence-corrected chi connectivity index (χ4v) is 1.85. The number of amides is 1. The molecule has 0 spiro atoms. The van der Waals surface area contributed by atoms with E-state index < -0.39 is 6.04 Å². The Morgan fingerprint density at radius 1 is 1.26 bits per heavy atom. The first kappa shape index (κ1) is 13.8. The van der Waals surface area contributed by atoms with E-state index in [4.69, 9.17) is 23.2 Å². The van der Waals surface area contributed by atoms with Crippen LogP contribution in [-0.2, 0) is 4.79 Å². The molecule has 0 unspecified atom stereocenters. The first-order chi connectivity index (χ1) is 9.06. The zero-order valence-corrected chi connectivity index (χ0v) is 11.7. The van der Waals surface area contributed by atoms with Gasteiger partial charge in [-0.05, 0) is 37.3 Å². The smallest absolute Gasteiger partial charge is 0.247 e. The van der Waals surface area contributed by atoms with Gasteiger partial charge in [0, 0.05) is 11.9 Å². The summed E-state index contributed by atoms with van der Waals surface area (Å²) in [7, 11) is 0. The molecule has 0 radical (unpaired) electrons. The van der Waals surface area contributed by atoms with E-state index in [1.54, 1.807) is 37.4 Å². The van der Waals surface area contributed by atoms with Crippen LogP contribution in [0.1, 0.15) is 6.92 Å². The highest BCUT2D eigenvalue weighted by molar-refractivity contribution is 6.42. The van der Waals surface area contributed by atoms with Crippen LogP contribution in [0.3, 0.4) is 0 Å². The number of aromatic nitrogens is 1. The third kappa shape index (κ3) is 3.66. The van der Waals surface area contributed by atoms with E-state index in [2.05, 4.69) is 15.6 Å². The molecule has 2 aromatic rings. The standard InChI is InChI=1S/C13H13Cl2N3O/c1-8(13(19)18-12-3-2-6-16-12)17-9-4-5-10(14)11(15)7-9/h2-8,16-17H,1H3,(H,18,19)/t8-/m0/s1. The lowest BCUT2D eigenvalue weighted by Gasteiger charge is -2.15. The molecule has 0 aliphatic rings. The van der Waals surface area contributed by atoms with Crippen LogP contribution < -0.4 is 10.6 Å². The molecule has 1 heterocycles. The summed E-state index contributed by atoms with van der Waals surface area (Å²) in [4.78, 5) is 14.8. The third-order valence-corrected chi connectivity index (χ3v) is 3.29. The number of aromatic amines is 1. The molecule has 4 nitrogen and oxygen atoms in total. The fraction of sp³-hybridized carbons (Fsp3) is 0.154. The predicted molar refractivity (Wildman–Crippen MR) is 79.0 cm³/mol. The second-order valence-electron chi connectivity index (χ2n) is 4.07. The minimum atomic E-state index is -0.402. The largest absolute Gasteiger partial charge is 0.374 e. The maximum absolute atomic E-state index is 11.9. The van der Waals surface area contributed by atoms with Gasteiger partial charge in [-0.3, -0.25) is 4.79 Å². The topological polar surface area (TPSA) is 56.9 Å². The highest BCUT2D eigenvalue weighted by Gasteiger charge is 2.13. The zero-order valence-electron chi connectivity index (χ0n) is 10.2. The molecule has 1 atom stereocenters. The molecule has 2 rings (SSSR count). The average Bonchev–Trinajstić information content (AvgIpc) is 2.86. The summed E-state index contributed by atoms with van der Waals surface area (Å²) in [6, 6.07) is 8.33. The molecule has 1 amide bonds. The van der Waals surface area contributed by atoms with E-state index in [0.29, 0.717) is 15.9 Å². The third-order valence-electron chi connectivity index (χ3n) is 2.55. The second-order valence-corrected chi connectivity index (χ2v) is 4.88. The molecule has 1 aromatic carbocycles. The summed E-state index contributed by atoms with van der Waals surface area (Å²) < 4.78 is 0. The van der Waals surface area contributed by atoms with Gasteiger partial charge in [0.15, 0.2) is 0 Å². The second kappa shape index (κ2) is 5.99. The van der Waals surface area contributed by atoms with E-state index in [9.17, 15) is 4.79 Å². The van der Waals surface area contributed by atoms with Crippen LogP contribution in [0, 0.1) is 0 Å². The molecule has 0 fully saturated rings. The van der Waals surface area contributed by atoms with Gasteiger partial charge in [0.25, 0.3) is 0 Å². The molecule has 3 N–H and O–H groups in total. The zero-order chi connectivity index (χ0) is 13.8. The van der Waals surface area contributed by atoms with Crippen LogP contribution in [0.15, 0.2) is 36.5 Å². The number of anilines is 2. The van der Waals surface area contributed by atoms with Gasteiger partial charge >= 0.3 is 0 Å². The van der Waals surface area contributed by atoms with Crippen LogP contribution in [-0.4, -0.2) is 16.9 Å². The van der Waals surface area contributed by atoms with Gasteiger partial charge in [-0.25, -0.2) is 0 Å². The highest BCUT2D eigenvalue weighted by Crippen LogP contribution is 2.25. The average molecular weight is 298 g/mol. The van der Waals surface area contributed by atoms with Crippen LogP contribution in [0.2, 0.25) is 10.0 Å². The lowest BCUT2D eigenvalue weighted by molar-refractivity contribution is -0.116. The van der Waals surface area contributed by atoms with E-state index in [1.165, 1.54) is 0 Å². The quantitative estimate of drug-likeness (QED) is 0.805. The van der Waals surface area contributed by atoms with Crippen molar-refractivity contribution in [2.24, 2.45) is 0 Å². The van der Waals surface area contributed by atoms with Crippen molar-refractivity contribution in [3.05, 3.63) is 46.6 Å². The monoisotopic (exact) mass is 297 g/mol. The molecule has 0 saturated heterocycles. The Balaban J connectivity index is 1.98. The minimum Gasteiger partial charge on any atom is -0.374 e. The van der Waals surface area contributed by atoms with Gasteiger partial charge in [0.1, 0.15) is 11.9 Å². The summed E-state index contributed by atoms with van der Waals surface area (Å²) in [6.45, 7) is 1.76. The van der Waals surface area contributed by atoms with E-state index in [1.807, 2.05) is 6.07 Å². The van der Waals surface area contributed by atoms with Gasteiger partial charge in [0.2, 0.25) is 5.91 Å². The molecule has 0 bridgehead atoms. The van der Waals surface area contributed by atoms with Crippen LogP contribution in [0.25, 0.3) is 0 Å². The number of rotatable bonds is 4. The van der Waals surface area contributed by atoms with Crippen LogP contribution in [0.4, 0.5) is 11.5 Å². The molecule has 1 aromatic heterocycles. The summed E-state index contributed by atoms with van der Waals surface area (Å²) in [5.41, 5.74) is 0.739. The number of nitrogens with one attached hydrogen (secondary N) is 3. The maximum Gasteiger partial charge on any atom is 0.247 e. The van der Waals surface area contributed by atoms with Crippen molar-refractivity contribution in [3.8, 4) is 0 Å². The van der Waals surface area contributed by atoms with Crippen LogP contribution in [0.5, 0.6) is 0 Å². The first-order valence-corrected chi connectivity index (χ1v) is 6.47. The van der Waals surface area contributed by atoms with Crippen molar-refractivity contribution in [3.63, 3.8) is 0 Å². The molecular weight excluding hydrogens is 285 g/mol. The molecule has 0 saturated carbocycles. The fourth-order valence-electron chi connectivity index (χ4n) is 1.55. The maximum atomic E-state index is 11.9. The summed E-state index contributed by atoms with van der Waals surface area (Å²) in [6.07, 6.45) is 1.74. The van der Waals surface area contributed by atoms with Crippen molar-refractivity contribution in [1.82, 2.24) is 4.98 Å². The van der Waals surface area contributed by atoms with Crippen molar-refractivity contribution >= 4 is 40.6 Å². The van der Waals surface area contributed by atoms with Gasteiger partial charge in [-0.2, -0.15) is 0 Å². The summed E-state index contributed by atoms with van der Waals surface area (Å²) in [5.74, 6) is 0.515. The van der Waals surface area contributed by atoms with Gasteiger partial charge in [-0.15, -0.1) is 0 Å². The van der Waals surface area contributed by atoms with Crippen molar-refractivity contribution in [1.29, 1.82) is 0 Å². The molecule has 100 valence electrons. The molecule has 19 heavy (non-hydrogen) atoms. The lowest BCUT2D eigenvalue weighted by Crippen LogP contribution is -2.31. The number of carbonyl (C=O) groups excluding carboxylic acids is 1. The number of hydrogen-bond acceptors (Lipinski definition) is 2. The van der Waals surface area contributed by atoms with Crippen molar-refractivity contribution in [2.45, 2.75) is 13.0 Å². The normalized spacial score (nSPS) is 11.9. The lowest BCUT2D eigenvalue weighted by atomic mass is 10.2. The Hall–Kier alpha value is -1.65. The molecule has 0 aliphatic carbocycles. The molecule has 6 heteroatoms. The predicted octanol–water partition coefficient (Wildman–Crippen LogP) is 3.76. The minimum absolute atomic E-state index is 0.145. The SMILES string of the molecule is C[C@H](Nc1ccc(Cl)c(Cl)c1)C(=O)Nc1ccc[nH]1. The number of H-pyrrole nitrogens is 1. The van der Waals surface area contributed by atoms with Gasteiger partial charge in [0.05, 0.1) is 10.0 Å². The number of benzene rings is 1. The van der Waals surface area contributed by atoms with E-state index >= 15 is 0 Å². The molecule has 0 aliphatic heterocycles. The Labute approximate surface area is 121 Å². The van der Waals surface area contributed by atoms with Gasteiger partial charge < -0.3 is 15.6 Å². The van der Waals surface area contributed by atoms with Crippen molar-refractivity contribution in [2.75, 3.05) is 10.6 Å². The van der Waals surface area contributed by atoms with E-state index in [-0.39, 0.29) is 5.91 Å². The first-order valence-electron chi connectivity index (χ1n) is 5.72. The molecular formula is C13H13Cl2N3O. The highest BCUT2D eigenvalue weighted by atomic mass is 35.5. The van der Waals surface area contributed by atoms with Crippen LogP contribution >= 0.6 is 23.2 Å². The Morgan fingerprint density at radius 2 is 2.05 bits per heavy atom. The Bertz CT molecular complexity index is 569. The number of halogens is 2. The summed E-state index contributed by atoms with van der Waals surface area (Å²) >= 11 is 11.7. The number of carbonyl (C=O) groups is 1. The van der Waals surface area contributed by atoms with Crippen molar-refractivity contribution < 1.29 is 4.79 Å². The van der Waals surface area contributed by atoms with E-state index in [0.717, 1.165) is 5.69 Å². The Kier molecular flexibility index (Phi) is 4.35.